The minimum atomic E-state index is -2.35. The SMILES string of the molecule is CC(C)(C)OC(=O)NC1CCC(N2CCC(N(c3ccc4cc(Cl)ccc4c3)S(=O)O)C2=O)CC1. The molecule has 1 aliphatic carbocycles. The van der Waals surface area contributed by atoms with Gasteiger partial charge >= 0.3 is 6.09 Å². The fourth-order valence-corrected chi connectivity index (χ4v) is 5.88. The van der Waals surface area contributed by atoms with E-state index in [4.69, 9.17) is 16.3 Å². The highest BCUT2D eigenvalue weighted by Crippen LogP contribution is 2.33. The second kappa shape index (κ2) is 10.3. The van der Waals surface area contributed by atoms with E-state index in [2.05, 4.69) is 5.32 Å². The van der Waals surface area contributed by atoms with Crippen LogP contribution in [-0.2, 0) is 20.8 Å². The molecule has 2 aromatic carbocycles. The predicted octanol–water partition coefficient (Wildman–Crippen LogP) is 4.87. The average Bonchev–Trinajstić information content (AvgIpc) is 3.14. The van der Waals surface area contributed by atoms with Crippen molar-refractivity contribution >= 4 is 51.3 Å². The molecular weight excluding hydrogens is 490 g/mol. The van der Waals surface area contributed by atoms with Crippen molar-refractivity contribution in [1.82, 2.24) is 10.2 Å². The Kier molecular flexibility index (Phi) is 7.59. The number of halogens is 1. The van der Waals surface area contributed by atoms with Crippen molar-refractivity contribution in [2.75, 3.05) is 10.8 Å². The van der Waals surface area contributed by atoms with Gasteiger partial charge in [-0.25, -0.2) is 9.00 Å². The van der Waals surface area contributed by atoms with E-state index < -0.39 is 29.0 Å². The Morgan fingerprint density at radius 2 is 1.77 bits per heavy atom. The Balaban J connectivity index is 1.41. The molecule has 2 unspecified atom stereocenters. The van der Waals surface area contributed by atoms with E-state index in [9.17, 15) is 18.4 Å². The van der Waals surface area contributed by atoms with E-state index >= 15 is 0 Å². The molecule has 2 atom stereocenters. The number of nitrogens with one attached hydrogen (secondary N) is 1. The summed E-state index contributed by atoms with van der Waals surface area (Å²) in [6.45, 7) is 6.02. The summed E-state index contributed by atoms with van der Waals surface area (Å²) in [6.07, 6.45) is 3.08. The Hall–Kier alpha value is -2.36. The normalized spacial score (nSPS) is 23.9. The van der Waals surface area contributed by atoms with Gasteiger partial charge in [-0.05, 0) is 87.9 Å². The zero-order valence-electron chi connectivity index (χ0n) is 20.2. The highest BCUT2D eigenvalue weighted by molar-refractivity contribution is 7.80. The van der Waals surface area contributed by atoms with Gasteiger partial charge in [0.25, 0.3) is 11.3 Å². The quantitative estimate of drug-likeness (QED) is 0.547. The van der Waals surface area contributed by atoms with E-state index in [1.54, 1.807) is 12.1 Å². The van der Waals surface area contributed by atoms with Gasteiger partial charge in [0.05, 0.1) is 5.69 Å². The van der Waals surface area contributed by atoms with E-state index in [1.807, 2.05) is 49.9 Å². The summed E-state index contributed by atoms with van der Waals surface area (Å²) in [6, 6.07) is 10.2. The van der Waals surface area contributed by atoms with Crippen LogP contribution in [0.25, 0.3) is 10.8 Å². The third kappa shape index (κ3) is 6.08. The summed E-state index contributed by atoms with van der Waals surface area (Å²) in [5.41, 5.74) is -0.0270. The van der Waals surface area contributed by atoms with Gasteiger partial charge in [-0.15, -0.1) is 0 Å². The van der Waals surface area contributed by atoms with E-state index in [0.29, 0.717) is 23.7 Å². The number of amides is 2. The third-order valence-electron chi connectivity index (χ3n) is 6.56. The van der Waals surface area contributed by atoms with Crippen LogP contribution in [-0.4, -0.2) is 55.9 Å². The minimum absolute atomic E-state index is 0.0159. The molecule has 0 spiro atoms. The summed E-state index contributed by atoms with van der Waals surface area (Å²) in [5.74, 6) is -0.132. The van der Waals surface area contributed by atoms with Crippen molar-refractivity contribution in [3.05, 3.63) is 41.4 Å². The zero-order valence-corrected chi connectivity index (χ0v) is 21.8. The summed E-state index contributed by atoms with van der Waals surface area (Å²) >= 11 is 3.71. The van der Waals surface area contributed by atoms with Crippen LogP contribution in [0.2, 0.25) is 5.02 Å². The van der Waals surface area contributed by atoms with Gasteiger partial charge in [0.2, 0.25) is 5.91 Å². The van der Waals surface area contributed by atoms with Crippen molar-refractivity contribution in [2.45, 2.75) is 76.6 Å². The fourth-order valence-electron chi connectivity index (χ4n) is 4.99. The molecule has 0 radical (unpaired) electrons. The molecule has 2 aliphatic rings. The van der Waals surface area contributed by atoms with Crippen LogP contribution in [0.5, 0.6) is 0 Å². The molecule has 190 valence electrons. The maximum Gasteiger partial charge on any atom is 0.407 e. The molecule has 2 amide bonds. The van der Waals surface area contributed by atoms with Crippen LogP contribution in [0, 0.1) is 0 Å². The van der Waals surface area contributed by atoms with E-state index in [-0.39, 0.29) is 18.0 Å². The second-order valence-corrected chi connectivity index (χ2v) is 11.5. The number of nitrogens with zero attached hydrogens (tertiary/aromatic N) is 2. The molecule has 1 aliphatic heterocycles. The fraction of sp³-hybridized carbons (Fsp3) is 0.520. The maximum atomic E-state index is 13.4. The summed E-state index contributed by atoms with van der Waals surface area (Å²) < 4.78 is 29.1. The van der Waals surface area contributed by atoms with Crippen LogP contribution < -0.4 is 9.62 Å². The van der Waals surface area contributed by atoms with E-state index in [1.165, 1.54) is 4.31 Å². The first-order valence-corrected chi connectivity index (χ1v) is 13.4. The van der Waals surface area contributed by atoms with Gasteiger partial charge in [-0.1, -0.05) is 23.7 Å². The Labute approximate surface area is 213 Å². The monoisotopic (exact) mass is 521 g/mol. The number of ether oxygens (including phenoxy) is 1. The maximum absolute atomic E-state index is 13.4. The lowest BCUT2D eigenvalue weighted by atomic mass is 9.90. The number of carbonyl (C=O) groups is 2. The summed E-state index contributed by atoms with van der Waals surface area (Å²) in [4.78, 5) is 27.3. The lowest BCUT2D eigenvalue weighted by Crippen LogP contribution is -2.48. The minimum Gasteiger partial charge on any atom is -0.444 e. The first-order chi connectivity index (χ1) is 16.5. The number of rotatable bonds is 5. The predicted molar refractivity (Wildman–Crippen MR) is 138 cm³/mol. The lowest BCUT2D eigenvalue weighted by molar-refractivity contribution is -0.131. The number of fused-ring (bicyclic) bond motifs is 1. The molecule has 0 bridgehead atoms. The molecule has 2 fully saturated rings. The van der Waals surface area contributed by atoms with Crippen LogP contribution in [0.1, 0.15) is 52.9 Å². The van der Waals surface area contributed by atoms with Crippen molar-refractivity contribution < 1.29 is 23.1 Å². The Morgan fingerprint density at radius 3 is 2.43 bits per heavy atom. The number of benzene rings is 2. The number of hydrogen-bond donors (Lipinski definition) is 2. The third-order valence-corrected chi connectivity index (χ3v) is 7.60. The summed E-state index contributed by atoms with van der Waals surface area (Å²) in [7, 11) is 0. The molecule has 10 heteroatoms. The van der Waals surface area contributed by atoms with Gasteiger partial charge in [0.1, 0.15) is 11.6 Å². The highest BCUT2D eigenvalue weighted by atomic mass is 35.5. The van der Waals surface area contributed by atoms with E-state index in [0.717, 1.165) is 36.5 Å². The first kappa shape index (κ1) is 25.7. The van der Waals surface area contributed by atoms with Gasteiger partial charge in [0, 0.05) is 23.7 Å². The number of alkyl carbamates (subject to hydrolysis) is 1. The highest BCUT2D eigenvalue weighted by Gasteiger charge is 2.42. The number of anilines is 1. The molecule has 2 aromatic rings. The topological polar surface area (TPSA) is 99.2 Å². The molecule has 4 rings (SSSR count). The number of carbonyl (C=O) groups excluding carboxylic acids is 2. The number of hydrogen-bond acceptors (Lipinski definition) is 4. The standard InChI is InChI=1S/C25H32ClN3O5S/c1-25(2,3)34-24(31)27-19-7-10-20(11-8-19)28-13-12-22(23(28)30)29(35(32)33)21-9-5-16-14-18(26)6-4-17(16)15-21/h4-6,9,14-15,19-20,22H,7-8,10-13H2,1-3H3,(H,27,31)(H,32,33). The molecule has 8 nitrogen and oxygen atoms in total. The number of likely N-dealkylation sites (tertiary alicyclic amines) is 1. The summed E-state index contributed by atoms with van der Waals surface area (Å²) in [5, 5.41) is 5.33. The van der Waals surface area contributed by atoms with Crippen molar-refractivity contribution in [3.8, 4) is 0 Å². The molecule has 0 aromatic heterocycles. The Bertz CT molecular complexity index is 1130. The zero-order chi connectivity index (χ0) is 25.3. The van der Waals surface area contributed by atoms with Crippen LogP contribution in [0.15, 0.2) is 36.4 Å². The molecule has 1 saturated heterocycles. The first-order valence-electron chi connectivity index (χ1n) is 11.9. The average molecular weight is 522 g/mol. The molecule has 1 saturated carbocycles. The van der Waals surface area contributed by atoms with Crippen molar-refractivity contribution in [1.29, 1.82) is 0 Å². The second-order valence-electron chi connectivity index (χ2n) is 10.2. The van der Waals surface area contributed by atoms with Gasteiger partial charge in [-0.3, -0.25) is 13.7 Å². The van der Waals surface area contributed by atoms with Crippen molar-refractivity contribution in [2.24, 2.45) is 0 Å². The van der Waals surface area contributed by atoms with Gasteiger partial charge < -0.3 is 15.0 Å². The largest absolute Gasteiger partial charge is 0.444 e. The van der Waals surface area contributed by atoms with Crippen LogP contribution in [0.4, 0.5) is 10.5 Å². The Morgan fingerprint density at radius 1 is 1.11 bits per heavy atom. The molecule has 2 N–H and O–H groups in total. The lowest BCUT2D eigenvalue weighted by Gasteiger charge is -2.35. The molecule has 1 heterocycles. The molecular formula is C25H32ClN3O5S. The van der Waals surface area contributed by atoms with Crippen molar-refractivity contribution in [3.63, 3.8) is 0 Å². The van der Waals surface area contributed by atoms with Crippen LogP contribution in [0.3, 0.4) is 0 Å². The van der Waals surface area contributed by atoms with Gasteiger partial charge in [-0.2, -0.15) is 0 Å². The smallest absolute Gasteiger partial charge is 0.407 e. The van der Waals surface area contributed by atoms with Gasteiger partial charge in [0.15, 0.2) is 0 Å². The molecule has 35 heavy (non-hydrogen) atoms. The van der Waals surface area contributed by atoms with Crippen LogP contribution >= 0.6 is 11.6 Å².